The maximum Gasteiger partial charge on any atom is 0.417 e. The fraction of sp³-hybridized carbons (Fsp3) is 0.273. The minimum Gasteiger partial charge on any atom is -0.294 e. The van der Waals surface area contributed by atoms with Crippen LogP contribution in [0, 0.1) is 18.3 Å². The summed E-state index contributed by atoms with van der Waals surface area (Å²) in [6.45, 7) is 2.45. The molecule has 0 atom stereocenters. The van der Waals surface area contributed by atoms with Crippen LogP contribution < -0.4 is 0 Å². The first-order valence-corrected chi connectivity index (χ1v) is 4.40. The van der Waals surface area contributed by atoms with Crippen LogP contribution in [0.2, 0.25) is 0 Å². The highest BCUT2D eigenvalue weighted by Crippen LogP contribution is 2.34. The van der Waals surface area contributed by atoms with Crippen molar-refractivity contribution in [1.29, 1.82) is 5.26 Å². The molecule has 2 nitrogen and oxygen atoms in total. The van der Waals surface area contributed by atoms with Crippen molar-refractivity contribution in [3.8, 4) is 6.07 Å². The number of hydrogen-bond donors (Lipinski definition) is 0. The lowest BCUT2D eigenvalue weighted by Gasteiger charge is -2.13. The molecule has 1 rings (SSSR count). The number of rotatable bonds is 1. The van der Waals surface area contributed by atoms with Gasteiger partial charge in [-0.3, -0.25) is 4.79 Å². The van der Waals surface area contributed by atoms with Crippen molar-refractivity contribution in [3.05, 3.63) is 34.4 Å². The Bertz CT molecular complexity index is 483. The van der Waals surface area contributed by atoms with Crippen LogP contribution in [0.4, 0.5) is 13.2 Å². The molecular weight excluding hydrogens is 219 g/mol. The molecule has 0 amide bonds. The molecule has 0 aliphatic carbocycles. The van der Waals surface area contributed by atoms with Gasteiger partial charge in [-0.25, -0.2) is 0 Å². The third kappa shape index (κ3) is 2.22. The van der Waals surface area contributed by atoms with E-state index < -0.39 is 17.5 Å². The van der Waals surface area contributed by atoms with Crippen molar-refractivity contribution in [2.45, 2.75) is 20.0 Å². The number of halogens is 3. The molecule has 0 saturated heterocycles. The Morgan fingerprint density at radius 1 is 1.38 bits per heavy atom. The Hall–Kier alpha value is -1.83. The first-order valence-electron chi connectivity index (χ1n) is 4.40. The third-order valence-corrected chi connectivity index (χ3v) is 2.12. The van der Waals surface area contributed by atoms with Crippen LogP contribution >= 0.6 is 0 Å². The molecule has 1 aromatic rings. The number of Topliss-reactive ketones (excluding diaryl/α,β-unsaturated/α-hetero) is 1. The quantitative estimate of drug-likeness (QED) is 0.691. The van der Waals surface area contributed by atoms with Gasteiger partial charge in [0.2, 0.25) is 0 Å². The van der Waals surface area contributed by atoms with E-state index in [9.17, 15) is 18.0 Å². The summed E-state index contributed by atoms with van der Waals surface area (Å²) in [5.74, 6) is -0.658. The smallest absolute Gasteiger partial charge is 0.294 e. The molecule has 0 fully saturated rings. The summed E-state index contributed by atoms with van der Waals surface area (Å²) in [6.07, 6.45) is -4.63. The maximum absolute atomic E-state index is 12.6. The van der Waals surface area contributed by atoms with E-state index in [1.807, 2.05) is 0 Å². The highest BCUT2D eigenvalue weighted by Gasteiger charge is 2.35. The summed E-state index contributed by atoms with van der Waals surface area (Å²) in [5.41, 5.74) is -1.35. The highest BCUT2D eigenvalue weighted by molar-refractivity contribution is 5.97. The van der Waals surface area contributed by atoms with Crippen molar-refractivity contribution in [3.63, 3.8) is 0 Å². The molecule has 0 radical (unpaired) electrons. The van der Waals surface area contributed by atoms with Gasteiger partial charge in [0.15, 0.2) is 5.78 Å². The average molecular weight is 227 g/mol. The van der Waals surface area contributed by atoms with Crippen LogP contribution in [0.15, 0.2) is 12.1 Å². The van der Waals surface area contributed by atoms with E-state index in [0.29, 0.717) is 6.07 Å². The lowest BCUT2D eigenvalue weighted by atomic mass is 9.96. The normalized spacial score (nSPS) is 11.0. The van der Waals surface area contributed by atoms with Crippen LogP contribution in [-0.4, -0.2) is 5.78 Å². The molecule has 0 bridgehead atoms. The monoisotopic (exact) mass is 227 g/mol. The fourth-order valence-corrected chi connectivity index (χ4v) is 1.54. The standard InChI is InChI=1S/C11H8F3NO/c1-6-3-8(5-15)4-9(11(12,13)14)10(6)7(2)16/h3-4H,1-2H3. The zero-order valence-corrected chi connectivity index (χ0v) is 8.64. The number of carbonyl (C=O) groups excluding carboxylic acids is 1. The Morgan fingerprint density at radius 2 is 1.94 bits per heavy atom. The maximum atomic E-state index is 12.6. The Balaban J connectivity index is 3.61. The summed E-state index contributed by atoms with van der Waals surface area (Å²) in [6, 6.07) is 3.60. The SMILES string of the molecule is CC(=O)c1c(C)cc(C#N)cc1C(F)(F)F. The number of nitrogens with zero attached hydrogens (tertiary/aromatic N) is 1. The number of alkyl halides is 3. The van der Waals surface area contributed by atoms with Crippen molar-refractivity contribution < 1.29 is 18.0 Å². The van der Waals surface area contributed by atoms with Crippen molar-refractivity contribution in [2.75, 3.05) is 0 Å². The largest absolute Gasteiger partial charge is 0.417 e. The molecule has 84 valence electrons. The van der Waals surface area contributed by atoms with Crippen LogP contribution in [0.3, 0.4) is 0 Å². The Kier molecular flexibility index (Phi) is 3.04. The number of nitriles is 1. The van der Waals surface area contributed by atoms with E-state index >= 15 is 0 Å². The number of benzene rings is 1. The molecule has 1 aromatic carbocycles. The molecule has 16 heavy (non-hydrogen) atoms. The van der Waals surface area contributed by atoms with E-state index in [0.717, 1.165) is 6.92 Å². The first kappa shape index (κ1) is 12.2. The molecule has 0 saturated carbocycles. The molecule has 0 aromatic heterocycles. The Morgan fingerprint density at radius 3 is 2.31 bits per heavy atom. The van der Waals surface area contributed by atoms with Gasteiger partial charge in [0, 0.05) is 5.56 Å². The van der Waals surface area contributed by atoms with E-state index in [1.165, 1.54) is 13.0 Å². The van der Waals surface area contributed by atoms with Gasteiger partial charge in [-0.15, -0.1) is 0 Å². The minimum atomic E-state index is -4.63. The summed E-state index contributed by atoms with van der Waals surface area (Å²) >= 11 is 0. The van der Waals surface area contributed by atoms with Gasteiger partial charge in [0.1, 0.15) is 0 Å². The fourth-order valence-electron chi connectivity index (χ4n) is 1.54. The predicted molar refractivity (Wildman–Crippen MR) is 50.9 cm³/mol. The summed E-state index contributed by atoms with van der Waals surface area (Å²) in [5, 5.41) is 8.58. The lowest BCUT2D eigenvalue weighted by molar-refractivity contribution is -0.138. The molecule has 0 heterocycles. The van der Waals surface area contributed by atoms with Crippen LogP contribution in [-0.2, 0) is 6.18 Å². The van der Waals surface area contributed by atoms with E-state index in [2.05, 4.69) is 0 Å². The zero-order chi connectivity index (χ0) is 12.5. The molecule has 0 aliphatic rings. The molecule has 5 heteroatoms. The number of ketones is 1. The van der Waals surface area contributed by atoms with Crippen molar-refractivity contribution in [1.82, 2.24) is 0 Å². The van der Waals surface area contributed by atoms with Crippen LogP contribution in [0.1, 0.15) is 34.0 Å². The van der Waals surface area contributed by atoms with E-state index in [1.54, 1.807) is 6.07 Å². The third-order valence-electron chi connectivity index (χ3n) is 2.12. The summed E-state index contributed by atoms with van der Waals surface area (Å²) in [4.78, 5) is 11.2. The van der Waals surface area contributed by atoms with Gasteiger partial charge < -0.3 is 0 Å². The van der Waals surface area contributed by atoms with Crippen molar-refractivity contribution >= 4 is 5.78 Å². The van der Waals surface area contributed by atoms with E-state index in [-0.39, 0.29) is 16.7 Å². The molecular formula is C11H8F3NO. The van der Waals surface area contributed by atoms with Gasteiger partial charge in [-0.05, 0) is 31.5 Å². The summed E-state index contributed by atoms with van der Waals surface area (Å²) in [7, 11) is 0. The second-order valence-corrected chi connectivity index (χ2v) is 3.38. The molecule has 0 aliphatic heterocycles. The Labute approximate surface area is 90.3 Å². The number of aryl methyl sites for hydroxylation is 1. The number of hydrogen-bond acceptors (Lipinski definition) is 2. The van der Waals surface area contributed by atoms with E-state index in [4.69, 9.17) is 5.26 Å². The second-order valence-electron chi connectivity index (χ2n) is 3.38. The average Bonchev–Trinajstić information content (AvgIpc) is 2.14. The van der Waals surface area contributed by atoms with Crippen LogP contribution in [0.5, 0.6) is 0 Å². The van der Waals surface area contributed by atoms with Gasteiger partial charge in [0.05, 0.1) is 17.2 Å². The van der Waals surface area contributed by atoms with Gasteiger partial charge >= 0.3 is 6.18 Å². The van der Waals surface area contributed by atoms with Gasteiger partial charge in [0.25, 0.3) is 0 Å². The second kappa shape index (κ2) is 3.97. The first-order chi connectivity index (χ1) is 7.27. The highest BCUT2D eigenvalue weighted by atomic mass is 19.4. The molecule has 0 spiro atoms. The van der Waals surface area contributed by atoms with Gasteiger partial charge in [-0.1, -0.05) is 0 Å². The summed E-state index contributed by atoms with van der Waals surface area (Å²) < 4.78 is 37.9. The topological polar surface area (TPSA) is 40.9 Å². The van der Waals surface area contributed by atoms with Crippen molar-refractivity contribution in [2.24, 2.45) is 0 Å². The number of carbonyl (C=O) groups is 1. The zero-order valence-electron chi connectivity index (χ0n) is 8.64. The van der Waals surface area contributed by atoms with Crippen LogP contribution in [0.25, 0.3) is 0 Å². The molecule has 0 N–H and O–H groups in total. The minimum absolute atomic E-state index is 0.102. The predicted octanol–water partition coefficient (Wildman–Crippen LogP) is 3.09. The van der Waals surface area contributed by atoms with Gasteiger partial charge in [-0.2, -0.15) is 18.4 Å². The lowest BCUT2D eigenvalue weighted by Crippen LogP contribution is -2.13. The molecule has 0 unspecified atom stereocenters.